The molecule has 0 radical (unpaired) electrons. The molecule has 2 aliphatic heterocycles. The molecule has 14 heteroatoms. The number of pyridine rings is 2. The van der Waals surface area contributed by atoms with Gasteiger partial charge in [-0.1, -0.05) is 66.8 Å². The van der Waals surface area contributed by atoms with E-state index in [2.05, 4.69) is 17.6 Å². The number of amides is 1. The minimum absolute atomic E-state index is 0.0156. The molecule has 0 spiro atoms. The van der Waals surface area contributed by atoms with Gasteiger partial charge in [0, 0.05) is 42.5 Å². The van der Waals surface area contributed by atoms with Gasteiger partial charge in [-0.3, -0.25) is 14.7 Å². The predicted octanol–water partition coefficient (Wildman–Crippen LogP) is 7.72. The predicted molar refractivity (Wildman–Crippen MR) is 185 cm³/mol. The van der Waals surface area contributed by atoms with Crippen LogP contribution in [0, 0.1) is 24.1 Å². The number of aliphatic hydroxyl groups is 1. The molecule has 9 nitrogen and oxygen atoms in total. The lowest BCUT2D eigenvalue weighted by molar-refractivity contribution is -0.132. The number of nitriles is 1. The first-order valence-corrected chi connectivity index (χ1v) is 16.3. The number of anilines is 3. The summed E-state index contributed by atoms with van der Waals surface area (Å²) in [6.45, 7) is 13.9. The van der Waals surface area contributed by atoms with Crippen molar-refractivity contribution in [2.24, 2.45) is 0 Å². The number of nitrogens with zero attached hydrogens (tertiary/aromatic N) is 6. The summed E-state index contributed by atoms with van der Waals surface area (Å²) in [5.41, 5.74) is 8.87. The Morgan fingerprint density at radius 1 is 1.19 bits per heavy atom. The molecule has 1 aromatic carbocycles. The lowest BCUT2D eigenvalue weighted by Crippen LogP contribution is -2.58. The number of carbonyl (C=O) groups is 1. The van der Waals surface area contributed by atoms with Gasteiger partial charge in [0.1, 0.15) is 17.5 Å². The number of benzene rings is 1. The van der Waals surface area contributed by atoms with Crippen LogP contribution in [-0.2, 0) is 4.79 Å². The van der Waals surface area contributed by atoms with Crippen LogP contribution in [0.1, 0.15) is 50.4 Å². The second-order valence-corrected chi connectivity index (χ2v) is 13.5. The Kier molecular flexibility index (Phi) is 9.71. The molecule has 1 amide bonds. The normalized spacial score (nSPS) is 19.6. The Morgan fingerprint density at radius 2 is 1.83 bits per heavy atom. The van der Waals surface area contributed by atoms with Crippen LogP contribution >= 0.6 is 46.4 Å². The first kappa shape index (κ1) is 34.7. The summed E-state index contributed by atoms with van der Waals surface area (Å²) in [6.07, 6.45) is 1.42. The summed E-state index contributed by atoms with van der Waals surface area (Å²) in [4.78, 5) is 27.4. The SMILES string of the molecule is C=CC(=O)N1[C@H](C)CN(C2=C(C#N)C(O)N(c3c(C)ccnc3C(C)C)c3nc(-c4c(N)c(Cl)c(Cl)c(F)c4Cl)c(Cl)cc32)C[C@@H]1C. The number of rotatable bonds is 5. The summed E-state index contributed by atoms with van der Waals surface area (Å²) >= 11 is 25.7. The van der Waals surface area contributed by atoms with Crippen molar-refractivity contribution in [3.8, 4) is 17.3 Å². The fourth-order valence-corrected chi connectivity index (χ4v) is 7.39. The molecule has 4 heterocycles. The average molecular weight is 719 g/mol. The van der Waals surface area contributed by atoms with E-state index in [9.17, 15) is 15.2 Å². The zero-order valence-electron chi connectivity index (χ0n) is 26.2. The van der Waals surface area contributed by atoms with Gasteiger partial charge in [0.25, 0.3) is 0 Å². The zero-order chi connectivity index (χ0) is 34.6. The molecule has 1 fully saturated rings. The third-order valence-corrected chi connectivity index (χ3v) is 9.95. The van der Waals surface area contributed by atoms with Gasteiger partial charge in [-0.05, 0) is 50.5 Å². The van der Waals surface area contributed by atoms with E-state index >= 15 is 4.39 Å². The first-order valence-electron chi connectivity index (χ1n) is 14.7. The summed E-state index contributed by atoms with van der Waals surface area (Å²) in [7, 11) is 0. The monoisotopic (exact) mass is 717 g/mol. The van der Waals surface area contributed by atoms with Gasteiger partial charge in [-0.2, -0.15) is 5.26 Å². The van der Waals surface area contributed by atoms with Crippen LogP contribution in [0.5, 0.6) is 0 Å². The quantitative estimate of drug-likeness (QED) is 0.119. The van der Waals surface area contributed by atoms with E-state index in [0.717, 1.165) is 5.56 Å². The van der Waals surface area contributed by atoms with Crippen molar-refractivity contribution in [2.45, 2.75) is 58.8 Å². The molecule has 1 saturated heterocycles. The standard InChI is InChI=1S/C33H32Cl4FN7O2/c1-7-21(46)44-16(5)12-43(13-17(44)6)31-18-10-20(34)29(22-23(35)26(38)24(36)25(37)27(22)40)42-32(18)45(33(47)19(31)11-39)30-15(4)8-9-41-28(30)14(2)3/h7-10,14,16-17,33,47H,1,12-13,40H2,2-6H3/t16-,17+,33?. The number of nitrogen functional groups attached to an aromatic ring is 1. The number of hydrogen-bond donors (Lipinski definition) is 2. The number of fused-ring (bicyclic) bond motifs is 1. The molecule has 47 heavy (non-hydrogen) atoms. The maximum Gasteiger partial charge on any atom is 0.246 e. The van der Waals surface area contributed by atoms with Crippen molar-refractivity contribution in [2.75, 3.05) is 23.7 Å². The van der Waals surface area contributed by atoms with Gasteiger partial charge in [-0.15, -0.1) is 0 Å². The van der Waals surface area contributed by atoms with Crippen LogP contribution in [0.3, 0.4) is 0 Å². The van der Waals surface area contributed by atoms with Gasteiger partial charge in [0.05, 0.1) is 48.6 Å². The number of aromatic nitrogens is 2. The van der Waals surface area contributed by atoms with Gasteiger partial charge in [0.2, 0.25) is 5.91 Å². The Hall–Kier alpha value is -3.59. The molecule has 3 N–H and O–H groups in total. The van der Waals surface area contributed by atoms with Crippen LogP contribution < -0.4 is 10.6 Å². The first-order chi connectivity index (χ1) is 22.2. The van der Waals surface area contributed by atoms with Crippen LogP contribution in [0.15, 0.2) is 36.6 Å². The molecule has 3 atom stereocenters. The molecular weight excluding hydrogens is 687 g/mol. The molecule has 2 aromatic heterocycles. The highest BCUT2D eigenvalue weighted by atomic mass is 35.5. The molecule has 0 bridgehead atoms. The van der Waals surface area contributed by atoms with Gasteiger partial charge in [-0.25, -0.2) is 9.37 Å². The van der Waals surface area contributed by atoms with Crippen molar-refractivity contribution < 1.29 is 14.3 Å². The molecular formula is C33H32Cl4FN7O2. The highest BCUT2D eigenvalue weighted by Crippen LogP contribution is 2.50. The summed E-state index contributed by atoms with van der Waals surface area (Å²) in [5.74, 6) is -1.10. The number of aryl methyl sites for hydroxylation is 1. The summed E-state index contributed by atoms with van der Waals surface area (Å²) < 4.78 is 15.2. The van der Waals surface area contributed by atoms with Gasteiger partial charge < -0.3 is 20.6 Å². The van der Waals surface area contributed by atoms with Crippen LogP contribution in [0.2, 0.25) is 20.1 Å². The minimum Gasteiger partial charge on any atom is -0.397 e. The highest BCUT2D eigenvalue weighted by Gasteiger charge is 2.42. The Bertz CT molecular complexity index is 1850. The van der Waals surface area contributed by atoms with Crippen LogP contribution in [0.25, 0.3) is 17.0 Å². The minimum atomic E-state index is -1.53. The topological polar surface area (TPSA) is 123 Å². The average Bonchev–Trinajstić information content (AvgIpc) is 3.02. The number of hydrogen-bond acceptors (Lipinski definition) is 8. The number of halogens is 5. The van der Waals surface area contributed by atoms with Crippen LogP contribution in [-0.4, -0.2) is 62.2 Å². The number of carbonyl (C=O) groups excluding carboxylic acids is 1. The van der Waals surface area contributed by atoms with E-state index in [1.165, 1.54) is 11.0 Å². The third-order valence-electron chi connectivity index (χ3n) is 8.46. The van der Waals surface area contributed by atoms with E-state index in [-0.39, 0.29) is 62.3 Å². The van der Waals surface area contributed by atoms with Crippen molar-refractivity contribution in [3.05, 3.63) is 79.3 Å². The van der Waals surface area contributed by atoms with Gasteiger partial charge in [0.15, 0.2) is 12.0 Å². The van der Waals surface area contributed by atoms with Crippen molar-refractivity contribution >= 4 is 75.2 Å². The van der Waals surface area contributed by atoms with Gasteiger partial charge >= 0.3 is 0 Å². The van der Waals surface area contributed by atoms with Crippen molar-refractivity contribution in [1.29, 1.82) is 5.26 Å². The second-order valence-electron chi connectivity index (χ2n) is 11.9. The molecule has 246 valence electrons. The zero-order valence-corrected chi connectivity index (χ0v) is 29.3. The number of aliphatic hydroxyl groups excluding tert-OH is 1. The molecule has 3 aromatic rings. The molecule has 2 aliphatic rings. The van der Waals surface area contributed by atoms with E-state index in [0.29, 0.717) is 35.7 Å². The van der Waals surface area contributed by atoms with E-state index < -0.39 is 22.1 Å². The van der Waals surface area contributed by atoms with Crippen LogP contribution in [0.4, 0.5) is 21.6 Å². The van der Waals surface area contributed by atoms with E-state index in [4.69, 9.17) is 57.1 Å². The highest BCUT2D eigenvalue weighted by molar-refractivity contribution is 6.46. The Morgan fingerprint density at radius 3 is 2.40 bits per heavy atom. The third kappa shape index (κ3) is 5.68. The Balaban J connectivity index is 1.84. The molecule has 0 saturated carbocycles. The number of piperazine rings is 1. The molecule has 1 unspecified atom stereocenters. The van der Waals surface area contributed by atoms with E-state index in [1.54, 1.807) is 23.2 Å². The van der Waals surface area contributed by atoms with Crippen molar-refractivity contribution in [3.63, 3.8) is 0 Å². The number of nitrogens with two attached hydrogens (primary N) is 1. The maximum absolute atomic E-state index is 15.2. The smallest absolute Gasteiger partial charge is 0.246 e. The largest absolute Gasteiger partial charge is 0.397 e. The van der Waals surface area contributed by atoms with Crippen molar-refractivity contribution in [1.82, 2.24) is 19.8 Å². The maximum atomic E-state index is 15.2. The fraction of sp³-hybridized carbons (Fsp3) is 0.333. The Labute approximate surface area is 292 Å². The molecule has 5 rings (SSSR count). The lowest BCUT2D eigenvalue weighted by atomic mass is 9.94. The summed E-state index contributed by atoms with van der Waals surface area (Å²) in [5, 5.41) is 21.6. The summed E-state index contributed by atoms with van der Waals surface area (Å²) in [6, 6.07) is 5.05. The molecule has 0 aliphatic carbocycles. The second kappa shape index (κ2) is 13.1. The fourth-order valence-electron chi connectivity index (χ4n) is 6.44. The lowest BCUT2D eigenvalue weighted by Gasteiger charge is -2.48. The van der Waals surface area contributed by atoms with E-state index in [1.807, 2.05) is 39.5 Å².